The molecule has 1 heterocycles. The van der Waals surface area contributed by atoms with Gasteiger partial charge in [0.25, 0.3) is 0 Å². The van der Waals surface area contributed by atoms with Gasteiger partial charge in [0.2, 0.25) is 0 Å². The van der Waals surface area contributed by atoms with E-state index in [2.05, 4.69) is 4.98 Å². The van der Waals surface area contributed by atoms with Gasteiger partial charge >= 0.3 is 0 Å². The van der Waals surface area contributed by atoms with Crippen molar-refractivity contribution >= 4 is 11.3 Å². The number of benzene rings is 1. The van der Waals surface area contributed by atoms with Gasteiger partial charge < -0.3 is 5.73 Å². The number of thiazole rings is 1. The quantitative estimate of drug-likeness (QED) is 0.872. The summed E-state index contributed by atoms with van der Waals surface area (Å²) < 4.78 is 39.1. The molecule has 0 fully saturated rings. The maximum atomic E-state index is 13.1. The van der Waals surface area contributed by atoms with Crippen LogP contribution in [0.15, 0.2) is 12.1 Å². The van der Waals surface area contributed by atoms with Crippen molar-refractivity contribution in [3.63, 3.8) is 0 Å². The fourth-order valence-corrected chi connectivity index (χ4v) is 2.66. The Hall–Kier alpha value is -1.40. The maximum absolute atomic E-state index is 13.1. The molecule has 0 atom stereocenters. The average Bonchev–Trinajstić information content (AvgIpc) is 2.68. The van der Waals surface area contributed by atoms with E-state index in [1.54, 1.807) is 6.92 Å². The average molecular weight is 272 g/mol. The highest BCUT2D eigenvalue weighted by molar-refractivity contribution is 7.15. The minimum absolute atomic E-state index is 0.239. The monoisotopic (exact) mass is 272 g/mol. The van der Waals surface area contributed by atoms with Crippen molar-refractivity contribution in [2.24, 2.45) is 5.73 Å². The van der Waals surface area contributed by atoms with Crippen LogP contribution in [0.4, 0.5) is 13.2 Å². The van der Waals surface area contributed by atoms with E-state index in [1.165, 1.54) is 11.3 Å². The first-order chi connectivity index (χ1) is 8.52. The Morgan fingerprint density at radius 2 is 1.83 bits per heavy atom. The third-order valence-corrected chi connectivity index (χ3v) is 3.76. The van der Waals surface area contributed by atoms with E-state index in [9.17, 15) is 13.2 Å². The van der Waals surface area contributed by atoms with Crippen LogP contribution >= 0.6 is 11.3 Å². The molecule has 0 spiro atoms. The molecule has 2 aromatic rings. The maximum Gasteiger partial charge on any atom is 0.194 e. The molecule has 6 heteroatoms. The van der Waals surface area contributed by atoms with E-state index < -0.39 is 17.5 Å². The number of rotatable bonds is 3. The van der Waals surface area contributed by atoms with Crippen molar-refractivity contribution < 1.29 is 13.2 Å². The van der Waals surface area contributed by atoms with Gasteiger partial charge in [-0.1, -0.05) is 0 Å². The minimum atomic E-state index is -1.46. The Balaban J connectivity index is 2.46. The zero-order valence-electron chi connectivity index (χ0n) is 9.64. The lowest BCUT2D eigenvalue weighted by Crippen LogP contribution is -2.01. The summed E-state index contributed by atoms with van der Waals surface area (Å²) in [6, 6.07) is 1.89. The molecule has 0 aliphatic rings. The highest BCUT2D eigenvalue weighted by atomic mass is 32.1. The largest absolute Gasteiger partial charge is 0.330 e. The van der Waals surface area contributed by atoms with Crippen LogP contribution in [-0.2, 0) is 6.42 Å². The fraction of sp³-hybridized carbons (Fsp3) is 0.250. The molecule has 18 heavy (non-hydrogen) atoms. The van der Waals surface area contributed by atoms with E-state index in [0.29, 0.717) is 18.0 Å². The fourth-order valence-electron chi connectivity index (χ4n) is 1.59. The summed E-state index contributed by atoms with van der Waals surface area (Å²) in [5.41, 5.74) is 6.48. The molecule has 2 nitrogen and oxygen atoms in total. The number of hydrogen-bond donors (Lipinski definition) is 1. The first kappa shape index (κ1) is 13.0. The Bertz CT molecular complexity index is 558. The number of halogens is 3. The van der Waals surface area contributed by atoms with Gasteiger partial charge in [-0.25, -0.2) is 18.2 Å². The Kier molecular flexibility index (Phi) is 3.68. The third-order valence-electron chi connectivity index (χ3n) is 2.49. The molecule has 0 aliphatic carbocycles. The van der Waals surface area contributed by atoms with Crippen LogP contribution in [0.5, 0.6) is 0 Å². The van der Waals surface area contributed by atoms with Gasteiger partial charge in [0, 0.05) is 10.4 Å². The Morgan fingerprint density at radius 1 is 1.22 bits per heavy atom. The van der Waals surface area contributed by atoms with Gasteiger partial charge in [0.15, 0.2) is 17.5 Å². The van der Waals surface area contributed by atoms with Gasteiger partial charge in [-0.2, -0.15) is 0 Å². The zero-order valence-corrected chi connectivity index (χ0v) is 10.5. The highest BCUT2D eigenvalue weighted by Gasteiger charge is 2.15. The topological polar surface area (TPSA) is 38.9 Å². The second kappa shape index (κ2) is 5.07. The van der Waals surface area contributed by atoms with Crippen molar-refractivity contribution in [1.82, 2.24) is 4.98 Å². The highest BCUT2D eigenvalue weighted by Crippen LogP contribution is 2.30. The summed E-state index contributed by atoms with van der Waals surface area (Å²) in [6.07, 6.45) is 0.662. The second-order valence-corrected chi connectivity index (χ2v) is 4.90. The molecule has 0 radical (unpaired) electrons. The van der Waals surface area contributed by atoms with Gasteiger partial charge in [0.1, 0.15) is 5.01 Å². The molecule has 2 rings (SSSR count). The second-order valence-electron chi connectivity index (χ2n) is 3.82. The predicted octanol–water partition coefficient (Wildman–Crippen LogP) is 3.04. The molecule has 96 valence electrons. The summed E-state index contributed by atoms with van der Waals surface area (Å²) in [4.78, 5) is 5.19. The number of hydrogen-bond acceptors (Lipinski definition) is 3. The molecular formula is C12H11F3N2S. The van der Waals surface area contributed by atoms with Gasteiger partial charge in [0.05, 0.1) is 5.69 Å². The van der Waals surface area contributed by atoms with Crippen molar-refractivity contribution in [1.29, 1.82) is 0 Å². The summed E-state index contributed by atoms with van der Waals surface area (Å²) >= 11 is 1.31. The van der Waals surface area contributed by atoms with E-state index in [1.807, 2.05) is 0 Å². The van der Waals surface area contributed by atoms with Crippen LogP contribution in [-0.4, -0.2) is 11.5 Å². The van der Waals surface area contributed by atoms with Crippen LogP contribution in [0.25, 0.3) is 10.6 Å². The van der Waals surface area contributed by atoms with Crippen molar-refractivity contribution in [3.05, 3.63) is 40.2 Å². The van der Waals surface area contributed by atoms with E-state index in [4.69, 9.17) is 5.73 Å². The Morgan fingerprint density at radius 3 is 2.39 bits per heavy atom. The van der Waals surface area contributed by atoms with Gasteiger partial charge in [-0.3, -0.25) is 0 Å². The predicted molar refractivity (Wildman–Crippen MR) is 64.9 cm³/mol. The molecule has 2 N–H and O–H groups in total. The third kappa shape index (κ3) is 2.39. The van der Waals surface area contributed by atoms with Gasteiger partial charge in [-0.05, 0) is 32.0 Å². The van der Waals surface area contributed by atoms with E-state index >= 15 is 0 Å². The molecule has 0 bridgehead atoms. The molecule has 1 aromatic heterocycles. The van der Waals surface area contributed by atoms with Crippen LogP contribution < -0.4 is 5.73 Å². The van der Waals surface area contributed by atoms with Crippen LogP contribution in [0.3, 0.4) is 0 Å². The first-order valence-corrected chi connectivity index (χ1v) is 6.16. The molecule has 0 aliphatic heterocycles. The standard InChI is InChI=1S/C12H11F3N2S/c1-6-10(2-3-16)18-12(17-6)7-4-8(13)11(15)9(14)5-7/h4-5H,2-3,16H2,1H3. The summed E-state index contributed by atoms with van der Waals surface area (Å²) in [7, 11) is 0. The Labute approximate surface area is 106 Å². The number of aryl methyl sites for hydroxylation is 1. The first-order valence-electron chi connectivity index (χ1n) is 5.34. The smallest absolute Gasteiger partial charge is 0.194 e. The molecular weight excluding hydrogens is 261 g/mol. The minimum Gasteiger partial charge on any atom is -0.330 e. The molecule has 1 aromatic carbocycles. The van der Waals surface area contributed by atoms with Crippen molar-refractivity contribution in [3.8, 4) is 10.6 Å². The molecule has 0 unspecified atom stereocenters. The normalized spacial score (nSPS) is 10.9. The summed E-state index contributed by atoms with van der Waals surface area (Å²) in [5.74, 6) is -3.88. The lowest BCUT2D eigenvalue weighted by molar-refractivity contribution is 0.447. The van der Waals surface area contributed by atoms with Crippen molar-refractivity contribution in [2.75, 3.05) is 6.54 Å². The van der Waals surface area contributed by atoms with Crippen LogP contribution in [0.2, 0.25) is 0 Å². The summed E-state index contributed by atoms with van der Waals surface area (Å²) in [6.45, 7) is 2.29. The number of aromatic nitrogens is 1. The van der Waals surface area contributed by atoms with E-state index in [0.717, 1.165) is 22.7 Å². The van der Waals surface area contributed by atoms with Gasteiger partial charge in [-0.15, -0.1) is 11.3 Å². The summed E-state index contributed by atoms with van der Waals surface area (Å²) in [5, 5.41) is 0.466. The number of nitrogens with zero attached hydrogens (tertiary/aromatic N) is 1. The van der Waals surface area contributed by atoms with Crippen molar-refractivity contribution in [2.45, 2.75) is 13.3 Å². The zero-order chi connectivity index (χ0) is 13.3. The van der Waals surface area contributed by atoms with E-state index in [-0.39, 0.29) is 5.56 Å². The van der Waals surface area contributed by atoms with Crippen LogP contribution in [0, 0.1) is 24.4 Å². The lowest BCUT2D eigenvalue weighted by atomic mass is 10.2. The number of nitrogens with two attached hydrogens (primary N) is 1. The molecule has 0 saturated heterocycles. The SMILES string of the molecule is Cc1nc(-c2cc(F)c(F)c(F)c2)sc1CCN. The molecule has 0 saturated carbocycles. The molecule has 0 amide bonds. The lowest BCUT2D eigenvalue weighted by Gasteiger charge is -1.99. The van der Waals surface area contributed by atoms with Crippen LogP contribution in [0.1, 0.15) is 10.6 Å².